The van der Waals surface area contributed by atoms with Gasteiger partial charge in [-0.05, 0) is 30.5 Å². The molecule has 0 fully saturated rings. The van der Waals surface area contributed by atoms with E-state index in [1.165, 1.54) is 6.07 Å². The van der Waals surface area contributed by atoms with Crippen molar-refractivity contribution in [2.45, 2.75) is 19.3 Å². The summed E-state index contributed by atoms with van der Waals surface area (Å²) in [5.41, 5.74) is 3.00. The molecule has 0 unspecified atom stereocenters. The lowest BCUT2D eigenvalue weighted by Crippen LogP contribution is -2.08. The summed E-state index contributed by atoms with van der Waals surface area (Å²) in [6, 6.07) is 6.64. The van der Waals surface area contributed by atoms with Crippen molar-refractivity contribution in [3.63, 3.8) is 0 Å². The Kier molecular flexibility index (Phi) is 2.32. The number of H-pyrrole nitrogens is 1. The number of aromatic amines is 1. The second kappa shape index (κ2) is 3.84. The first-order valence-corrected chi connectivity index (χ1v) is 5.75. The van der Waals surface area contributed by atoms with Gasteiger partial charge in [0.2, 0.25) is 0 Å². The molecule has 0 saturated carbocycles. The predicted octanol–water partition coefficient (Wildman–Crippen LogP) is 3.34. The first kappa shape index (κ1) is 10.3. The summed E-state index contributed by atoms with van der Waals surface area (Å²) < 4.78 is 13.7. The van der Waals surface area contributed by atoms with Gasteiger partial charge in [0.15, 0.2) is 5.78 Å². The lowest BCUT2D eigenvalue weighted by molar-refractivity contribution is 0.0973. The number of hydrogen-bond donors (Lipinski definition) is 1. The third-order valence-corrected chi connectivity index (χ3v) is 3.26. The van der Waals surface area contributed by atoms with Gasteiger partial charge in [0, 0.05) is 23.7 Å². The number of Topliss-reactive ketones (excluding diaryl/α,β-unsaturated/α-hetero) is 1. The van der Waals surface area contributed by atoms with Crippen molar-refractivity contribution >= 4 is 5.78 Å². The van der Waals surface area contributed by atoms with Crippen LogP contribution in [0.4, 0.5) is 4.39 Å². The van der Waals surface area contributed by atoms with Gasteiger partial charge in [0.25, 0.3) is 0 Å². The van der Waals surface area contributed by atoms with Gasteiger partial charge in [-0.15, -0.1) is 0 Å². The average molecular weight is 229 g/mol. The van der Waals surface area contributed by atoms with Crippen LogP contribution in [-0.2, 0) is 6.42 Å². The van der Waals surface area contributed by atoms with Crippen molar-refractivity contribution < 1.29 is 9.18 Å². The Morgan fingerprint density at radius 2 is 1.94 bits per heavy atom. The summed E-state index contributed by atoms with van der Waals surface area (Å²) in [7, 11) is 0. The van der Waals surface area contributed by atoms with Crippen LogP contribution in [0.2, 0.25) is 0 Å². The largest absolute Gasteiger partial charge is 0.360 e. The van der Waals surface area contributed by atoms with Gasteiger partial charge in [0.05, 0.1) is 5.69 Å². The molecule has 1 aliphatic rings. The van der Waals surface area contributed by atoms with Gasteiger partial charge >= 0.3 is 0 Å². The normalized spacial score (nSPS) is 14.8. The number of benzene rings is 1. The Morgan fingerprint density at radius 1 is 1.12 bits per heavy atom. The Hall–Kier alpha value is -1.90. The Morgan fingerprint density at radius 3 is 2.76 bits per heavy atom. The maximum Gasteiger partial charge on any atom is 0.164 e. The molecule has 0 atom stereocenters. The number of nitrogens with one attached hydrogen (secondary N) is 1. The van der Waals surface area contributed by atoms with Crippen LogP contribution in [0, 0.1) is 5.82 Å². The second-order valence-corrected chi connectivity index (χ2v) is 4.31. The molecule has 0 aliphatic heterocycles. The minimum absolute atomic E-state index is 0.157. The standard InChI is InChI=1S/C14H12FNO/c15-12-6-2-1-4-10(12)14-9-5-3-7-13(17)11(9)8-16-14/h1-2,4,6,8,16H,3,5,7H2. The molecule has 17 heavy (non-hydrogen) atoms. The van der Waals surface area contributed by atoms with Crippen molar-refractivity contribution in [1.29, 1.82) is 0 Å². The fourth-order valence-electron chi connectivity index (χ4n) is 2.43. The number of fused-ring (bicyclic) bond motifs is 1. The van der Waals surface area contributed by atoms with Crippen molar-refractivity contribution in [3.05, 3.63) is 47.4 Å². The zero-order valence-electron chi connectivity index (χ0n) is 9.29. The highest BCUT2D eigenvalue weighted by Gasteiger charge is 2.23. The van der Waals surface area contributed by atoms with Crippen LogP contribution >= 0.6 is 0 Å². The summed E-state index contributed by atoms with van der Waals surface area (Å²) in [6.45, 7) is 0. The highest BCUT2D eigenvalue weighted by atomic mass is 19.1. The van der Waals surface area contributed by atoms with Gasteiger partial charge in [-0.1, -0.05) is 12.1 Å². The summed E-state index contributed by atoms with van der Waals surface area (Å²) in [6.07, 6.45) is 4.00. The summed E-state index contributed by atoms with van der Waals surface area (Å²) in [5, 5.41) is 0. The van der Waals surface area contributed by atoms with Gasteiger partial charge in [-0.25, -0.2) is 4.39 Å². The first-order valence-electron chi connectivity index (χ1n) is 5.75. The van der Waals surface area contributed by atoms with Gasteiger partial charge in [-0.3, -0.25) is 4.79 Å². The molecule has 0 saturated heterocycles. The molecule has 2 aromatic rings. The van der Waals surface area contributed by atoms with Crippen LogP contribution in [0.3, 0.4) is 0 Å². The van der Waals surface area contributed by atoms with E-state index in [1.54, 1.807) is 24.4 Å². The third-order valence-electron chi connectivity index (χ3n) is 3.26. The minimum Gasteiger partial charge on any atom is -0.360 e. The van der Waals surface area contributed by atoms with Crippen LogP contribution in [0.5, 0.6) is 0 Å². The van der Waals surface area contributed by atoms with Crippen molar-refractivity contribution in [2.75, 3.05) is 0 Å². The molecular formula is C14H12FNO. The van der Waals surface area contributed by atoms with Crippen LogP contribution in [0.1, 0.15) is 28.8 Å². The molecular weight excluding hydrogens is 217 g/mol. The molecule has 2 nitrogen and oxygen atoms in total. The number of ketones is 1. The van der Waals surface area contributed by atoms with Gasteiger partial charge in [-0.2, -0.15) is 0 Å². The number of halogens is 1. The zero-order valence-corrected chi connectivity index (χ0v) is 9.29. The monoisotopic (exact) mass is 229 g/mol. The predicted molar refractivity (Wildman–Crippen MR) is 63.5 cm³/mol. The van der Waals surface area contributed by atoms with E-state index >= 15 is 0 Å². The number of aromatic nitrogens is 1. The van der Waals surface area contributed by atoms with E-state index in [2.05, 4.69) is 4.98 Å². The lowest BCUT2D eigenvalue weighted by atomic mass is 9.91. The van der Waals surface area contributed by atoms with E-state index in [4.69, 9.17) is 0 Å². The second-order valence-electron chi connectivity index (χ2n) is 4.31. The zero-order chi connectivity index (χ0) is 11.8. The molecule has 1 aromatic heterocycles. The fourth-order valence-corrected chi connectivity index (χ4v) is 2.43. The molecule has 86 valence electrons. The van der Waals surface area contributed by atoms with E-state index in [1.807, 2.05) is 0 Å². The molecule has 0 bridgehead atoms. The maximum absolute atomic E-state index is 13.7. The van der Waals surface area contributed by atoms with Crippen molar-refractivity contribution in [2.24, 2.45) is 0 Å². The maximum atomic E-state index is 13.7. The molecule has 3 heteroatoms. The Labute approximate surface area is 98.5 Å². The highest BCUT2D eigenvalue weighted by Crippen LogP contribution is 2.32. The number of carbonyl (C=O) groups is 1. The van der Waals surface area contributed by atoms with E-state index < -0.39 is 0 Å². The van der Waals surface area contributed by atoms with E-state index in [0.29, 0.717) is 12.0 Å². The van der Waals surface area contributed by atoms with Gasteiger partial charge < -0.3 is 4.98 Å². The van der Waals surface area contributed by atoms with Gasteiger partial charge in [0.1, 0.15) is 5.82 Å². The number of hydrogen-bond acceptors (Lipinski definition) is 1. The third kappa shape index (κ3) is 1.58. The van der Waals surface area contributed by atoms with E-state index in [-0.39, 0.29) is 11.6 Å². The van der Waals surface area contributed by atoms with Crippen molar-refractivity contribution in [1.82, 2.24) is 4.98 Å². The summed E-state index contributed by atoms with van der Waals surface area (Å²) in [5.74, 6) is -0.0970. The van der Waals surface area contributed by atoms with Crippen LogP contribution in [0.15, 0.2) is 30.5 Å². The Bertz CT molecular complexity index is 586. The molecule has 1 N–H and O–H groups in total. The van der Waals surface area contributed by atoms with Crippen LogP contribution in [-0.4, -0.2) is 10.8 Å². The van der Waals surface area contributed by atoms with E-state index in [0.717, 1.165) is 29.7 Å². The molecule has 1 heterocycles. The first-order chi connectivity index (χ1) is 8.27. The number of rotatable bonds is 1. The highest BCUT2D eigenvalue weighted by molar-refractivity contribution is 6.00. The van der Waals surface area contributed by atoms with E-state index in [9.17, 15) is 9.18 Å². The molecule has 0 spiro atoms. The lowest BCUT2D eigenvalue weighted by Gasteiger charge is -2.12. The van der Waals surface area contributed by atoms with Crippen LogP contribution < -0.4 is 0 Å². The van der Waals surface area contributed by atoms with Crippen molar-refractivity contribution in [3.8, 4) is 11.3 Å². The molecule has 0 radical (unpaired) electrons. The molecule has 1 aliphatic carbocycles. The average Bonchev–Trinajstić information content (AvgIpc) is 2.75. The number of carbonyl (C=O) groups excluding carboxylic acids is 1. The SMILES string of the molecule is O=C1CCCc2c1c[nH]c2-c1ccccc1F. The van der Waals surface area contributed by atoms with Crippen LogP contribution in [0.25, 0.3) is 11.3 Å². The topological polar surface area (TPSA) is 32.9 Å². The fraction of sp³-hybridized carbons (Fsp3) is 0.214. The minimum atomic E-state index is -0.254. The molecule has 0 amide bonds. The molecule has 1 aromatic carbocycles. The summed E-state index contributed by atoms with van der Waals surface area (Å²) >= 11 is 0. The smallest absolute Gasteiger partial charge is 0.164 e. The Balaban J connectivity index is 2.17. The summed E-state index contributed by atoms with van der Waals surface area (Å²) in [4.78, 5) is 14.7. The molecule has 3 rings (SSSR count). The quantitative estimate of drug-likeness (QED) is 0.799.